The summed E-state index contributed by atoms with van der Waals surface area (Å²) in [5.41, 5.74) is -0.493. The fourth-order valence-corrected chi connectivity index (χ4v) is 1.45. The third-order valence-corrected chi connectivity index (χ3v) is 2.30. The van der Waals surface area contributed by atoms with E-state index in [1.165, 1.54) is 6.42 Å². The number of hydrogen-bond acceptors (Lipinski definition) is 3. The molecule has 1 atom stereocenters. The molecule has 0 aliphatic carbocycles. The summed E-state index contributed by atoms with van der Waals surface area (Å²) < 4.78 is 0. The van der Waals surface area contributed by atoms with Crippen LogP contribution < -0.4 is 5.32 Å². The van der Waals surface area contributed by atoms with Crippen molar-refractivity contribution in [3.63, 3.8) is 0 Å². The summed E-state index contributed by atoms with van der Waals surface area (Å²) in [5, 5.41) is 20.9. The Morgan fingerprint density at radius 1 is 1.36 bits per heavy atom. The standard InChI is InChI=1S/C8H17NO.C3H8O/c1-8(2,10)7-4-3-5-9-6-7;1-3(2)4/h7,9-10H,3-6H2,1-2H3;3-4H,1-2H3. The van der Waals surface area contributed by atoms with Crippen LogP contribution in [0.1, 0.15) is 40.5 Å². The van der Waals surface area contributed by atoms with Gasteiger partial charge in [0.2, 0.25) is 0 Å². The van der Waals surface area contributed by atoms with Crippen LogP contribution in [-0.4, -0.2) is 35.0 Å². The summed E-state index contributed by atoms with van der Waals surface area (Å²) in [6.07, 6.45) is 2.20. The maximum atomic E-state index is 9.60. The van der Waals surface area contributed by atoms with Crippen LogP contribution in [0.15, 0.2) is 0 Å². The third kappa shape index (κ3) is 7.30. The van der Waals surface area contributed by atoms with Gasteiger partial charge in [-0.3, -0.25) is 0 Å². The molecule has 1 unspecified atom stereocenters. The number of nitrogens with one attached hydrogen (secondary N) is 1. The lowest BCUT2D eigenvalue weighted by Gasteiger charge is -2.32. The highest BCUT2D eigenvalue weighted by Gasteiger charge is 2.27. The van der Waals surface area contributed by atoms with Gasteiger partial charge in [0, 0.05) is 12.6 Å². The van der Waals surface area contributed by atoms with Gasteiger partial charge in [-0.1, -0.05) is 0 Å². The maximum absolute atomic E-state index is 9.60. The number of rotatable bonds is 1. The monoisotopic (exact) mass is 203 g/mol. The molecule has 0 aromatic heterocycles. The third-order valence-electron chi connectivity index (χ3n) is 2.30. The molecule has 1 aliphatic rings. The zero-order chi connectivity index (χ0) is 11.2. The Balaban J connectivity index is 0.000000364. The van der Waals surface area contributed by atoms with Crippen LogP contribution in [0, 0.1) is 5.92 Å². The maximum Gasteiger partial charge on any atom is 0.0631 e. The van der Waals surface area contributed by atoms with Gasteiger partial charge in [0.15, 0.2) is 0 Å². The van der Waals surface area contributed by atoms with Gasteiger partial charge in [-0.15, -0.1) is 0 Å². The van der Waals surface area contributed by atoms with E-state index in [4.69, 9.17) is 5.11 Å². The molecule has 3 N–H and O–H groups in total. The molecule has 86 valence electrons. The second kappa shape index (κ2) is 6.38. The summed E-state index contributed by atoms with van der Waals surface area (Å²) in [6.45, 7) is 9.32. The zero-order valence-corrected chi connectivity index (χ0v) is 9.88. The minimum atomic E-state index is -0.493. The SMILES string of the molecule is CC(C)(O)C1CCCNC1.CC(C)O. The number of aliphatic hydroxyl groups excluding tert-OH is 1. The van der Waals surface area contributed by atoms with Crippen LogP contribution in [0.4, 0.5) is 0 Å². The van der Waals surface area contributed by atoms with Crippen LogP contribution in [0.2, 0.25) is 0 Å². The Bertz CT molecular complexity index is 132. The first-order chi connectivity index (χ1) is 6.34. The topological polar surface area (TPSA) is 52.5 Å². The van der Waals surface area contributed by atoms with Gasteiger partial charge in [-0.25, -0.2) is 0 Å². The van der Waals surface area contributed by atoms with Gasteiger partial charge in [0.05, 0.1) is 5.60 Å². The molecule has 0 radical (unpaired) electrons. The Morgan fingerprint density at radius 2 is 1.86 bits per heavy atom. The van der Waals surface area contributed by atoms with Crippen molar-refractivity contribution >= 4 is 0 Å². The highest BCUT2D eigenvalue weighted by molar-refractivity contribution is 4.81. The van der Waals surface area contributed by atoms with Gasteiger partial charge in [-0.2, -0.15) is 0 Å². The highest BCUT2D eigenvalue weighted by Crippen LogP contribution is 2.22. The lowest BCUT2D eigenvalue weighted by atomic mass is 9.85. The largest absolute Gasteiger partial charge is 0.394 e. The van der Waals surface area contributed by atoms with E-state index >= 15 is 0 Å². The molecule has 3 heteroatoms. The zero-order valence-electron chi connectivity index (χ0n) is 9.88. The molecule has 3 nitrogen and oxygen atoms in total. The molecular weight excluding hydrogens is 178 g/mol. The van der Waals surface area contributed by atoms with Gasteiger partial charge >= 0.3 is 0 Å². The Hall–Kier alpha value is -0.120. The molecule has 1 aliphatic heterocycles. The van der Waals surface area contributed by atoms with Crippen LogP contribution in [0.25, 0.3) is 0 Å². The molecule has 0 amide bonds. The van der Waals surface area contributed by atoms with Crippen molar-refractivity contribution in [2.24, 2.45) is 5.92 Å². The van der Waals surface area contributed by atoms with E-state index in [0.717, 1.165) is 19.5 Å². The van der Waals surface area contributed by atoms with Crippen molar-refractivity contribution in [1.29, 1.82) is 0 Å². The summed E-state index contributed by atoms with van der Waals surface area (Å²) >= 11 is 0. The molecule has 0 aromatic rings. The van der Waals surface area contributed by atoms with Crippen molar-refractivity contribution in [1.82, 2.24) is 5.32 Å². The van der Waals surface area contributed by atoms with E-state index in [2.05, 4.69) is 5.32 Å². The summed E-state index contributed by atoms with van der Waals surface area (Å²) in [7, 11) is 0. The minimum absolute atomic E-state index is 0.167. The van der Waals surface area contributed by atoms with E-state index in [1.54, 1.807) is 13.8 Å². The summed E-state index contributed by atoms with van der Waals surface area (Å²) in [5.74, 6) is 0.446. The van der Waals surface area contributed by atoms with Gasteiger partial charge in [0.1, 0.15) is 0 Å². The van der Waals surface area contributed by atoms with Crippen molar-refractivity contribution in [2.75, 3.05) is 13.1 Å². The molecule has 14 heavy (non-hydrogen) atoms. The van der Waals surface area contributed by atoms with Crippen molar-refractivity contribution in [3.8, 4) is 0 Å². The van der Waals surface area contributed by atoms with E-state index < -0.39 is 5.60 Å². The quantitative estimate of drug-likeness (QED) is 0.599. The highest BCUT2D eigenvalue weighted by atomic mass is 16.3. The van der Waals surface area contributed by atoms with E-state index in [0.29, 0.717) is 5.92 Å². The van der Waals surface area contributed by atoms with E-state index in [1.807, 2.05) is 13.8 Å². The van der Waals surface area contributed by atoms with Crippen molar-refractivity contribution in [3.05, 3.63) is 0 Å². The van der Waals surface area contributed by atoms with Gasteiger partial charge < -0.3 is 15.5 Å². The fourth-order valence-electron chi connectivity index (χ4n) is 1.45. The van der Waals surface area contributed by atoms with Crippen LogP contribution in [0.5, 0.6) is 0 Å². The minimum Gasteiger partial charge on any atom is -0.394 e. The van der Waals surface area contributed by atoms with Gasteiger partial charge in [-0.05, 0) is 53.0 Å². The first kappa shape index (κ1) is 13.9. The van der Waals surface area contributed by atoms with E-state index in [-0.39, 0.29) is 6.10 Å². The number of hydrogen-bond donors (Lipinski definition) is 3. The molecule has 1 heterocycles. The van der Waals surface area contributed by atoms with E-state index in [9.17, 15) is 5.11 Å². The van der Waals surface area contributed by atoms with Crippen LogP contribution in [0.3, 0.4) is 0 Å². The van der Waals surface area contributed by atoms with Crippen LogP contribution in [-0.2, 0) is 0 Å². The molecule has 1 saturated heterocycles. The Labute approximate surface area is 87.5 Å². The van der Waals surface area contributed by atoms with Crippen molar-refractivity contribution < 1.29 is 10.2 Å². The number of aliphatic hydroxyl groups is 2. The predicted molar refractivity (Wildman–Crippen MR) is 59.2 cm³/mol. The average Bonchev–Trinajstić information content (AvgIpc) is 2.03. The molecular formula is C11H25NO2. The van der Waals surface area contributed by atoms with Crippen molar-refractivity contribution in [2.45, 2.75) is 52.2 Å². The smallest absolute Gasteiger partial charge is 0.0631 e. The Kier molecular flexibility index (Phi) is 6.33. The lowest BCUT2D eigenvalue weighted by molar-refractivity contribution is 0.00685. The summed E-state index contributed by atoms with van der Waals surface area (Å²) in [6, 6.07) is 0. The van der Waals surface area contributed by atoms with Crippen LogP contribution >= 0.6 is 0 Å². The first-order valence-electron chi connectivity index (χ1n) is 5.45. The molecule has 0 spiro atoms. The molecule has 0 aromatic carbocycles. The summed E-state index contributed by atoms with van der Waals surface area (Å²) in [4.78, 5) is 0. The molecule has 0 bridgehead atoms. The second-order valence-corrected chi connectivity index (χ2v) is 4.79. The predicted octanol–water partition coefficient (Wildman–Crippen LogP) is 1.14. The second-order valence-electron chi connectivity index (χ2n) is 4.79. The lowest BCUT2D eigenvalue weighted by Crippen LogP contribution is -2.42. The fraction of sp³-hybridized carbons (Fsp3) is 1.00. The molecule has 0 saturated carbocycles. The number of piperidine rings is 1. The normalized spacial score (nSPS) is 22.9. The van der Waals surface area contributed by atoms with Gasteiger partial charge in [0.25, 0.3) is 0 Å². The Morgan fingerprint density at radius 3 is 2.07 bits per heavy atom. The molecule has 1 rings (SSSR count). The first-order valence-corrected chi connectivity index (χ1v) is 5.45. The average molecular weight is 203 g/mol. The molecule has 1 fully saturated rings.